The number of amides is 1. The SMILES string of the molecule is C[C@@H]1Cc2ccccc2N1C(=O)c1ccc(C#N)cc1. The van der Waals surface area contributed by atoms with Gasteiger partial charge in [-0.1, -0.05) is 18.2 Å². The number of fused-ring (bicyclic) bond motifs is 1. The molecule has 0 bridgehead atoms. The minimum absolute atomic E-state index is 0.00746. The lowest BCUT2D eigenvalue weighted by molar-refractivity contribution is 0.0981. The smallest absolute Gasteiger partial charge is 0.258 e. The van der Waals surface area contributed by atoms with Gasteiger partial charge in [0, 0.05) is 17.3 Å². The van der Waals surface area contributed by atoms with Crippen molar-refractivity contribution in [1.29, 1.82) is 5.26 Å². The number of nitrogens with zero attached hydrogens (tertiary/aromatic N) is 2. The minimum atomic E-state index is -0.00746. The molecule has 1 aliphatic rings. The van der Waals surface area contributed by atoms with Gasteiger partial charge >= 0.3 is 0 Å². The molecule has 0 unspecified atom stereocenters. The van der Waals surface area contributed by atoms with Crippen LogP contribution < -0.4 is 4.90 Å². The van der Waals surface area contributed by atoms with E-state index in [1.807, 2.05) is 23.1 Å². The number of para-hydroxylation sites is 1. The van der Waals surface area contributed by atoms with Crippen molar-refractivity contribution in [2.75, 3.05) is 4.90 Å². The highest BCUT2D eigenvalue weighted by Gasteiger charge is 2.30. The van der Waals surface area contributed by atoms with Gasteiger partial charge in [-0.2, -0.15) is 5.26 Å². The zero-order valence-corrected chi connectivity index (χ0v) is 11.2. The third kappa shape index (κ3) is 1.96. The van der Waals surface area contributed by atoms with Crippen molar-refractivity contribution < 1.29 is 4.79 Å². The second kappa shape index (κ2) is 4.82. The number of carbonyl (C=O) groups is 1. The molecule has 98 valence electrons. The summed E-state index contributed by atoms with van der Waals surface area (Å²) in [6.45, 7) is 2.06. The molecule has 0 aliphatic carbocycles. The Labute approximate surface area is 118 Å². The predicted molar refractivity (Wildman–Crippen MR) is 77.6 cm³/mol. The van der Waals surface area contributed by atoms with Crippen molar-refractivity contribution in [3.63, 3.8) is 0 Å². The first-order valence-electron chi connectivity index (χ1n) is 6.62. The summed E-state index contributed by atoms with van der Waals surface area (Å²) in [6, 6.07) is 17.0. The van der Waals surface area contributed by atoms with Gasteiger partial charge in [0.2, 0.25) is 0 Å². The molecule has 2 aromatic rings. The van der Waals surface area contributed by atoms with E-state index in [2.05, 4.69) is 19.1 Å². The van der Waals surface area contributed by atoms with Crippen LogP contribution in [0.25, 0.3) is 0 Å². The van der Waals surface area contributed by atoms with Gasteiger partial charge in [0.15, 0.2) is 0 Å². The van der Waals surface area contributed by atoms with E-state index < -0.39 is 0 Å². The van der Waals surface area contributed by atoms with Crippen LogP contribution in [0.15, 0.2) is 48.5 Å². The molecule has 1 atom stereocenters. The quantitative estimate of drug-likeness (QED) is 0.792. The maximum Gasteiger partial charge on any atom is 0.258 e. The Bertz CT molecular complexity index is 698. The third-order valence-corrected chi connectivity index (χ3v) is 3.69. The van der Waals surface area contributed by atoms with E-state index >= 15 is 0 Å². The summed E-state index contributed by atoms with van der Waals surface area (Å²) >= 11 is 0. The van der Waals surface area contributed by atoms with Crippen LogP contribution in [0.2, 0.25) is 0 Å². The standard InChI is InChI=1S/C17H14N2O/c1-12-10-15-4-2-3-5-16(15)19(12)17(20)14-8-6-13(11-18)7-9-14/h2-9,12H,10H2,1H3/t12-/m1/s1. The predicted octanol–water partition coefficient (Wildman–Crippen LogP) is 3.15. The third-order valence-electron chi connectivity index (χ3n) is 3.69. The highest BCUT2D eigenvalue weighted by Crippen LogP contribution is 2.32. The van der Waals surface area contributed by atoms with Gasteiger partial charge in [-0.05, 0) is 49.2 Å². The van der Waals surface area contributed by atoms with Crippen LogP contribution in [-0.4, -0.2) is 11.9 Å². The highest BCUT2D eigenvalue weighted by atomic mass is 16.2. The number of carbonyl (C=O) groups excluding carboxylic acids is 1. The van der Waals surface area contributed by atoms with Gasteiger partial charge in [0.25, 0.3) is 5.91 Å². The lowest BCUT2D eigenvalue weighted by Crippen LogP contribution is -2.35. The van der Waals surface area contributed by atoms with E-state index in [1.165, 1.54) is 5.56 Å². The molecule has 1 amide bonds. The van der Waals surface area contributed by atoms with Gasteiger partial charge < -0.3 is 4.90 Å². The number of rotatable bonds is 1. The van der Waals surface area contributed by atoms with Gasteiger partial charge in [0.05, 0.1) is 11.6 Å². The summed E-state index contributed by atoms with van der Waals surface area (Å²) in [5, 5.41) is 8.81. The van der Waals surface area contributed by atoms with Gasteiger partial charge in [-0.25, -0.2) is 0 Å². The lowest BCUT2D eigenvalue weighted by Gasteiger charge is -2.22. The first-order valence-corrected chi connectivity index (χ1v) is 6.62. The fourth-order valence-corrected chi connectivity index (χ4v) is 2.70. The molecule has 3 rings (SSSR count). The molecule has 0 fully saturated rings. The molecule has 0 saturated carbocycles. The summed E-state index contributed by atoms with van der Waals surface area (Å²) in [7, 11) is 0. The molecule has 1 aliphatic heterocycles. The number of benzene rings is 2. The lowest BCUT2D eigenvalue weighted by atomic mass is 10.1. The molecule has 0 spiro atoms. The van der Waals surface area contributed by atoms with Crippen molar-refractivity contribution in [2.24, 2.45) is 0 Å². The van der Waals surface area contributed by atoms with E-state index in [9.17, 15) is 4.79 Å². The fraction of sp³-hybridized carbons (Fsp3) is 0.176. The number of hydrogen-bond donors (Lipinski definition) is 0. The molecule has 20 heavy (non-hydrogen) atoms. The number of nitriles is 1. The number of anilines is 1. The van der Waals surface area contributed by atoms with E-state index in [4.69, 9.17) is 5.26 Å². The average molecular weight is 262 g/mol. The maximum absolute atomic E-state index is 12.7. The van der Waals surface area contributed by atoms with Crippen LogP contribution in [0.4, 0.5) is 5.69 Å². The van der Waals surface area contributed by atoms with Crippen molar-refractivity contribution in [1.82, 2.24) is 0 Å². The van der Waals surface area contributed by atoms with Gasteiger partial charge in [-0.15, -0.1) is 0 Å². The molecule has 1 heterocycles. The zero-order chi connectivity index (χ0) is 14.1. The van der Waals surface area contributed by atoms with E-state index in [-0.39, 0.29) is 11.9 Å². The van der Waals surface area contributed by atoms with Crippen LogP contribution in [0.1, 0.15) is 28.4 Å². The van der Waals surface area contributed by atoms with Crippen molar-refractivity contribution >= 4 is 11.6 Å². The fourth-order valence-electron chi connectivity index (χ4n) is 2.70. The second-order valence-electron chi connectivity index (χ2n) is 5.05. The normalized spacial score (nSPS) is 16.6. The Balaban J connectivity index is 1.96. The van der Waals surface area contributed by atoms with Crippen LogP contribution in [-0.2, 0) is 6.42 Å². The minimum Gasteiger partial charge on any atom is -0.305 e. The second-order valence-corrected chi connectivity index (χ2v) is 5.05. The van der Waals surface area contributed by atoms with E-state index in [1.54, 1.807) is 24.3 Å². The molecule has 0 radical (unpaired) electrons. The maximum atomic E-state index is 12.7. The zero-order valence-electron chi connectivity index (χ0n) is 11.2. The highest BCUT2D eigenvalue weighted by molar-refractivity contribution is 6.07. The summed E-state index contributed by atoms with van der Waals surface area (Å²) in [5.41, 5.74) is 3.39. The molecular formula is C17H14N2O. The first kappa shape index (κ1) is 12.4. The van der Waals surface area contributed by atoms with Crippen LogP contribution in [0.5, 0.6) is 0 Å². The Kier molecular flexibility index (Phi) is 3.00. The van der Waals surface area contributed by atoms with Crippen molar-refractivity contribution in [2.45, 2.75) is 19.4 Å². The van der Waals surface area contributed by atoms with E-state index in [0.717, 1.165) is 12.1 Å². The van der Waals surface area contributed by atoms with Crippen LogP contribution in [0.3, 0.4) is 0 Å². The molecule has 3 heteroatoms. The summed E-state index contributed by atoms with van der Waals surface area (Å²) < 4.78 is 0. The number of hydrogen-bond acceptors (Lipinski definition) is 2. The topological polar surface area (TPSA) is 44.1 Å². The summed E-state index contributed by atoms with van der Waals surface area (Å²) in [4.78, 5) is 14.5. The molecule has 3 nitrogen and oxygen atoms in total. The van der Waals surface area contributed by atoms with Crippen LogP contribution >= 0.6 is 0 Å². The Hall–Kier alpha value is -2.60. The molecule has 0 aromatic heterocycles. The largest absolute Gasteiger partial charge is 0.305 e. The molecular weight excluding hydrogens is 248 g/mol. The molecule has 2 aromatic carbocycles. The van der Waals surface area contributed by atoms with Gasteiger partial charge in [-0.3, -0.25) is 4.79 Å². The first-order chi connectivity index (χ1) is 9.70. The molecule has 0 N–H and O–H groups in total. The monoisotopic (exact) mass is 262 g/mol. The Morgan fingerprint density at radius 2 is 1.90 bits per heavy atom. The van der Waals surface area contributed by atoms with Crippen LogP contribution in [0, 0.1) is 11.3 Å². The van der Waals surface area contributed by atoms with E-state index in [0.29, 0.717) is 11.1 Å². The van der Waals surface area contributed by atoms with Crippen molar-refractivity contribution in [3.05, 3.63) is 65.2 Å². The average Bonchev–Trinajstić information content (AvgIpc) is 2.82. The summed E-state index contributed by atoms with van der Waals surface area (Å²) in [6.07, 6.45) is 0.887. The van der Waals surface area contributed by atoms with Crippen molar-refractivity contribution in [3.8, 4) is 6.07 Å². The van der Waals surface area contributed by atoms with Gasteiger partial charge in [0.1, 0.15) is 0 Å². The summed E-state index contributed by atoms with van der Waals surface area (Å²) in [5.74, 6) is -0.00746. The Morgan fingerprint density at radius 3 is 2.60 bits per heavy atom. The molecule has 0 saturated heterocycles. The Morgan fingerprint density at radius 1 is 1.20 bits per heavy atom.